The predicted octanol–water partition coefficient (Wildman–Crippen LogP) is 3.62. The van der Waals surface area contributed by atoms with Crippen LogP contribution < -0.4 is 5.73 Å². The van der Waals surface area contributed by atoms with Crippen LogP contribution in [0.15, 0.2) is 28.7 Å². The second-order valence-corrected chi connectivity index (χ2v) is 4.24. The predicted molar refractivity (Wildman–Crippen MR) is 62.6 cm³/mol. The summed E-state index contributed by atoms with van der Waals surface area (Å²) < 4.78 is 18.6. The topological polar surface area (TPSA) is 39.2 Å². The smallest absolute Gasteiger partial charge is 0.134 e. The Morgan fingerprint density at radius 2 is 2.12 bits per heavy atom. The maximum absolute atomic E-state index is 13.0. The Hall–Kier alpha value is -1.35. The van der Waals surface area contributed by atoms with Crippen LogP contribution in [0.2, 0.25) is 0 Å². The molecule has 0 radical (unpaired) electrons. The largest absolute Gasteiger partial charge is 0.459 e. The second-order valence-electron chi connectivity index (χ2n) is 4.24. The van der Waals surface area contributed by atoms with Gasteiger partial charge in [-0.1, -0.05) is 20.3 Å². The zero-order valence-electron chi connectivity index (χ0n) is 9.53. The zero-order valence-corrected chi connectivity index (χ0v) is 9.53. The van der Waals surface area contributed by atoms with Crippen molar-refractivity contribution >= 4 is 11.0 Å². The Kier molecular flexibility index (Phi) is 2.97. The average Bonchev–Trinajstić information content (AvgIpc) is 2.69. The molecule has 16 heavy (non-hydrogen) atoms. The fourth-order valence-electron chi connectivity index (χ4n) is 1.73. The van der Waals surface area contributed by atoms with Crippen molar-refractivity contribution in [3.05, 3.63) is 35.8 Å². The molecule has 2 N–H and O–H groups in total. The third kappa shape index (κ3) is 1.95. The van der Waals surface area contributed by atoms with Gasteiger partial charge in [0.2, 0.25) is 0 Å². The van der Waals surface area contributed by atoms with Crippen LogP contribution in [-0.2, 0) is 0 Å². The molecule has 2 rings (SSSR count). The number of fused-ring (bicyclic) bond motifs is 1. The van der Waals surface area contributed by atoms with Gasteiger partial charge in [-0.25, -0.2) is 4.39 Å². The van der Waals surface area contributed by atoms with Crippen molar-refractivity contribution < 1.29 is 8.81 Å². The molecule has 0 spiro atoms. The molecule has 2 nitrogen and oxygen atoms in total. The van der Waals surface area contributed by atoms with E-state index >= 15 is 0 Å². The summed E-state index contributed by atoms with van der Waals surface area (Å²) in [5, 5.41) is 0.772. The van der Waals surface area contributed by atoms with Gasteiger partial charge in [0.25, 0.3) is 0 Å². The lowest BCUT2D eigenvalue weighted by molar-refractivity contribution is 0.388. The highest BCUT2D eigenvalue weighted by molar-refractivity contribution is 5.78. The van der Waals surface area contributed by atoms with Gasteiger partial charge in [-0.15, -0.1) is 0 Å². The van der Waals surface area contributed by atoms with E-state index in [1.165, 1.54) is 12.1 Å². The number of hydrogen-bond donors (Lipinski definition) is 1. The van der Waals surface area contributed by atoms with Gasteiger partial charge in [0.05, 0.1) is 6.04 Å². The van der Waals surface area contributed by atoms with Crippen LogP contribution >= 0.6 is 0 Å². The second kappa shape index (κ2) is 4.26. The van der Waals surface area contributed by atoms with Gasteiger partial charge in [-0.05, 0) is 30.2 Å². The van der Waals surface area contributed by atoms with Gasteiger partial charge in [-0.3, -0.25) is 0 Å². The van der Waals surface area contributed by atoms with E-state index in [4.69, 9.17) is 10.2 Å². The highest BCUT2D eigenvalue weighted by Crippen LogP contribution is 2.28. The van der Waals surface area contributed by atoms with Crippen LogP contribution in [0.25, 0.3) is 11.0 Å². The van der Waals surface area contributed by atoms with E-state index in [0.29, 0.717) is 11.5 Å². The van der Waals surface area contributed by atoms with E-state index in [1.54, 1.807) is 6.07 Å². The van der Waals surface area contributed by atoms with Gasteiger partial charge in [0.1, 0.15) is 17.2 Å². The molecule has 1 aromatic heterocycles. The van der Waals surface area contributed by atoms with E-state index in [2.05, 4.69) is 13.8 Å². The molecule has 0 saturated heterocycles. The minimum atomic E-state index is -0.253. The van der Waals surface area contributed by atoms with E-state index in [-0.39, 0.29) is 11.9 Å². The maximum Gasteiger partial charge on any atom is 0.134 e. The molecule has 1 aromatic carbocycles. The third-order valence-electron chi connectivity index (χ3n) is 3.08. The SMILES string of the molecule is CCC(C)[C@H](N)c1cc2cc(F)ccc2o1. The minimum Gasteiger partial charge on any atom is -0.459 e. The molecule has 2 atom stereocenters. The molecule has 1 unspecified atom stereocenters. The summed E-state index contributed by atoms with van der Waals surface area (Å²) in [6.45, 7) is 4.17. The molecule has 0 saturated carbocycles. The van der Waals surface area contributed by atoms with Gasteiger partial charge in [0, 0.05) is 5.39 Å². The van der Waals surface area contributed by atoms with Crippen LogP contribution in [0, 0.1) is 11.7 Å². The Labute approximate surface area is 94.2 Å². The highest BCUT2D eigenvalue weighted by atomic mass is 19.1. The number of benzene rings is 1. The number of nitrogens with two attached hydrogens (primary N) is 1. The molecular formula is C13H16FNO. The zero-order chi connectivity index (χ0) is 11.7. The first-order valence-electron chi connectivity index (χ1n) is 5.56. The lowest BCUT2D eigenvalue weighted by Crippen LogP contribution is -2.17. The summed E-state index contributed by atoms with van der Waals surface area (Å²) in [5.41, 5.74) is 6.75. The average molecular weight is 221 g/mol. The Morgan fingerprint density at radius 3 is 2.81 bits per heavy atom. The molecule has 2 aromatic rings. The fraction of sp³-hybridized carbons (Fsp3) is 0.385. The summed E-state index contributed by atoms with van der Waals surface area (Å²) in [6.07, 6.45) is 0.993. The molecule has 86 valence electrons. The number of furan rings is 1. The first-order valence-corrected chi connectivity index (χ1v) is 5.56. The van der Waals surface area contributed by atoms with Crippen molar-refractivity contribution in [3.8, 4) is 0 Å². The minimum absolute atomic E-state index is 0.125. The summed E-state index contributed by atoms with van der Waals surface area (Å²) >= 11 is 0. The quantitative estimate of drug-likeness (QED) is 0.859. The van der Waals surface area contributed by atoms with Crippen molar-refractivity contribution in [2.45, 2.75) is 26.3 Å². The van der Waals surface area contributed by atoms with Crippen LogP contribution in [-0.4, -0.2) is 0 Å². The van der Waals surface area contributed by atoms with Crippen LogP contribution in [0.3, 0.4) is 0 Å². The first-order chi connectivity index (χ1) is 7.61. The lowest BCUT2D eigenvalue weighted by atomic mass is 9.98. The number of rotatable bonds is 3. The van der Waals surface area contributed by atoms with Crippen molar-refractivity contribution in [2.24, 2.45) is 11.7 Å². The monoisotopic (exact) mass is 221 g/mol. The summed E-state index contributed by atoms with van der Waals surface area (Å²) in [5.74, 6) is 0.831. The normalized spacial score (nSPS) is 15.2. The number of hydrogen-bond acceptors (Lipinski definition) is 2. The van der Waals surface area contributed by atoms with Crippen molar-refractivity contribution in [1.29, 1.82) is 0 Å². The summed E-state index contributed by atoms with van der Waals surface area (Å²) in [7, 11) is 0. The molecule has 0 bridgehead atoms. The van der Waals surface area contributed by atoms with E-state index in [0.717, 1.165) is 17.6 Å². The van der Waals surface area contributed by atoms with Crippen molar-refractivity contribution in [2.75, 3.05) is 0 Å². The molecule has 0 amide bonds. The highest BCUT2D eigenvalue weighted by Gasteiger charge is 2.17. The maximum atomic E-state index is 13.0. The van der Waals surface area contributed by atoms with E-state index in [9.17, 15) is 4.39 Å². The molecule has 0 aliphatic carbocycles. The van der Waals surface area contributed by atoms with Gasteiger partial charge >= 0.3 is 0 Å². The molecular weight excluding hydrogens is 205 g/mol. The fourth-order valence-corrected chi connectivity index (χ4v) is 1.73. The number of halogens is 1. The molecule has 0 aliphatic rings. The van der Waals surface area contributed by atoms with Gasteiger partial charge < -0.3 is 10.2 Å². The summed E-state index contributed by atoms with van der Waals surface area (Å²) in [6, 6.07) is 6.20. The van der Waals surface area contributed by atoms with Crippen molar-refractivity contribution in [1.82, 2.24) is 0 Å². The molecule has 3 heteroatoms. The van der Waals surface area contributed by atoms with Crippen LogP contribution in [0.4, 0.5) is 4.39 Å². The Morgan fingerprint density at radius 1 is 1.38 bits per heavy atom. The molecule has 0 fully saturated rings. The summed E-state index contributed by atoms with van der Waals surface area (Å²) in [4.78, 5) is 0. The van der Waals surface area contributed by atoms with Crippen LogP contribution in [0.1, 0.15) is 32.1 Å². The Bertz CT molecular complexity index is 492. The third-order valence-corrected chi connectivity index (χ3v) is 3.08. The van der Waals surface area contributed by atoms with Gasteiger partial charge in [0.15, 0.2) is 0 Å². The first kappa shape index (κ1) is 11.1. The molecule has 1 heterocycles. The van der Waals surface area contributed by atoms with E-state index in [1.807, 2.05) is 6.07 Å². The standard InChI is InChI=1S/C13H16FNO/c1-3-8(2)13(15)12-7-9-6-10(14)4-5-11(9)16-12/h4-8,13H,3,15H2,1-2H3/t8?,13-/m0/s1. The molecule has 0 aliphatic heterocycles. The van der Waals surface area contributed by atoms with E-state index < -0.39 is 0 Å². The van der Waals surface area contributed by atoms with Crippen LogP contribution in [0.5, 0.6) is 0 Å². The van der Waals surface area contributed by atoms with Crippen molar-refractivity contribution in [3.63, 3.8) is 0 Å². The lowest BCUT2D eigenvalue weighted by Gasteiger charge is -2.15. The van der Waals surface area contributed by atoms with Gasteiger partial charge in [-0.2, -0.15) is 0 Å². The Balaban J connectivity index is 2.39.